The lowest BCUT2D eigenvalue weighted by atomic mass is 9.92. The Balaban J connectivity index is 3.05. The number of methoxy groups -OCH3 is 1. The zero-order valence-corrected chi connectivity index (χ0v) is 10.1. The van der Waals surface area contributed by atoms with E-state index in [0.29, 0.717) is 17.6 Å². The molecule has 16 heavy (non-hydrogen) atoms. The number of carbonyl (C=O) groups is 2. The van der Waals surface area contributed by atoms with Crippen LogP contribution in [0.5, 0.6) is 0 Å². The van der Waals surface area contributed by atoms with Gasteiger partial charge in [0, 0.05) is 17.2 Å². The Labute approximate surface area is 95.5 Å². The summed E-state index contributed by atoms with van der Waals surface area (Å²) in [6.07, 6.45) is 3.67. The van der Waals surface area contributed by atoms with Gasteiger partial charge in [-0.2, -0.15) is 0 Å². The van der Waals surface area contributed by atoms with E-state index in [1.807, 2.05) is 19.9 Å². The van der Waals surface area contributed by atoms with Crippen molar-refractivity contribution >= 4 is 11.6 Å². The first-order chi connectivity index (χ1) is 7.47. The lowest BCUT2D eigenvalue weighted by Crippen LogP contribution is -2.18. The van der Waals surface area contributed by atoms with Crippen molar-refractivity contribution in [2.75, 3.05) is 7.11 Å². The molecule has 3 nitrogen and oxygen atoms in total. The predicted molar refractivity (Wildman–Crippen MR) is 61.9 cm³/mol. The van der Waals surface area contributed by atoms with Gasteiger partial charge in [0.1, 0.15) is 0 Å². The van der Waals surface area contributed by atoms with Crippen molar-refractivity contribution in [3.8, 4) is 0 Å². The highest BCUT2D eigenvalue weighted by atomic mass is 16.5. The lowest BCUT2D eigenvalue weighted by molar-refractivity contribution is -0.118. The minimum Gasteiger partial charge on any atom is -0.493 e. The van der Waals surface area contributed by atoms with Gasteiger partial charge in [0.25, 0.3) is 0 Å². The van der Waals surface area contributed by atoms with E-state index in [1.165, 1.54) is 13.2 Å². The first-order valence-corrected chi connectivity index (χ1v) is 5.15. The van der Waals surface area contributed by atoms with Crippen molar-refractivity contribution in [3.63, 3.8) is 0 Å². The van der Waals surface area contributed by atoms with Gasteiger partial charge in [0.2, 0.25) is 5.78 Å². The fraction of sp³-hybridized carbons (Fsp3) is 0.385. The molecule has 0 aliphatic heterocycles. The van der Waals surface area contributed by atoms with Crippen LogP contribution in [-0.4, -0.2) is 18.7 Å². The second-order valence-electron chi connectivity index (χ2n) is 4.00. The van der Waals surface area contributed by atoms with Crippen LogP contribution in [0.15, 0.2) is 34.6 Å². The Morgan fingerprint density at radius 2 is 2.00 bits per heavy atom. The third-order valence-electron chi connectivity index (χ3n) is 2.52. The minimum absolute atomic E-state index is 0.132. The molecule has 0 unspecified atom stereocenters. The fourth-order valence-corrected chi connectivity index (χ4v) is 1.46. The number of hydrogen-bond donors (Lipinski definition) is 0. The van der Waals surface area contributed by atoms with Gasteiger partial charge in [-0.05, 0) is 27.2 Å². The van der Waals surface area contributed by atoms with Crippen molar-refractivity contribution in [2.45, 2.75) is 27.2 Å². The number of ether oxygens (including phenoxy) is 1. The number of Topliss-reactive ketones (excluding diaryl/α,β-unsaturated/α-hetero) is 1. The van der Waals surface area contributed by atoms with Crippen molar-refractivity contribution in [1.82, 2.24) is 0 Å². The van der Waals surface area contributed by atoms with Gasteiger partial charge in [-0.1, -0.05) is 11.6 Å². The molecule has 0 aromatic rings. The van der Waals surface area contributed by atoms with Crippen LogP contribution in [-0.2, 0) is 14.3 Å². The Bertz CT molecular complexity index is 418. The molecular weight excluding hydrogens is 204 g/mol. The summed E-state index contributed by atoms with van der Waals surface area (Å²) in [4.78, 5) is 23.5. The minimum atomic E-state index is -0.183. The molecule has 0 N–H and O–H groups in total. The normalized spacial score (nSPS) is 16.1. The number of rotatable bonds is 3. The summed E-state index contributed by atoms with van der Waals surface area (Å²) in [6, 6.07) is 0. The quantitative estimate of drug-likeness (QED) is 0.541. The van der Waals surface area contributed by atoms with E-state index in [4.69, 9.17) is 4.74 Å². The summed E-state index contributed by atoms with van der Waals surface area (Å²) in [7, 11) is 1.40. The van der Waals surface area contributed by atoms with E-state index in [1.54, 1.807) is 6.92 Å². The van der Waals surface area contributed by atoms with Crippen LogP contribution in [0.25, 0.3) is 0 Å². The predicted octanol–water partition coefficient (Wildman–Crippen LogP) is 2.34. The maximum Gasteiger partial charge on any atom is 0.224 e. The number of allylic oxidation sites excluding steroid dienone is 5. The molecule has 0 radical (unpaired) electrons. The average Bonchev–Trinajstić information content (AvgIpc) is 2.23. The highest BCUT2D eigenvalue weighted by Crippen LogP contribution is 2.22. The van der Waals surface area contributed by atoms with E-state index >= 15 is 0 Å². The molecule has 0 bridgehead atoms. The summed E-state index contributed by atoms with van der Waals surface area (Å²) in [5.74, 6) is -0.196. The molecule has 1 aliphatic rings. The van der Waals surface area contributed by atoms with Crippen molar-refractivity contribution in [2.24, 2.45) is 0 Å². The Morgan fingerprint density at radius 3 is 2.50 bits per heavy atom. The van der Waals surface area contributed by atoms with E-state index in [2.05, 4.69) is 0 Å². The zero-order valence-electron chi connectivity index (χ0n) is 10.1. The molecule has 0 saturated carbocycles. The van der Waals surface area contributed by atoms with Crippen molar-refractivity contribution < 1.29 is 14.3 Å². The maximum atomic E-state index is 11.9. The van der Waals surface area contributed by atoms with Gasteiger partial charge in [-0.25, -0.2) is 0 Å². The molecule has 0 aromatic carbocycles. The SMILES string of the molecule is COC1=CC(=O)C(C)=C(CC=C(C)C)C1=O. The Morgan fingerprint density at radius 1 is 1.38 bits per heavy atom. The molecule has 0 spiro atoms. The topological polar surface area (TPSA) is 43.4 Å². The number of carbonyl (C=O) groups excluding carboxylic acids is 2. The lowest BCUT2D eigenvalue weighted by Gasteiger charge is -2.15. The first kappa shape index (κ1) is 12.4. The van der Waals surface area contributed by atoms with Crippen LogP contribution in [0.4, 0.5) is 0 Å². The highest BCUT2D eigenvalue weighted by Gasteiger charge is 2.25. The number of ketones is 2. The molecule has 3 heteroatoms. The van der Waals surface area contributed by atoms with Crippen LogP contribution >= 0.6 is 0 Å². The molecule has 0 atom stereocenters. The van der Waals surface area contributed by atoms with Crippen molar-refractivity contribution in [1.29, 1.82) is 0 Å². The second kappa shape index (κ2) is 4.92. The van der Waals surface area contributed by atoms with Crippen LogP contribution in [0.3, 0.4) is 0 Å². The largest absolute Gasteiger partial charge is 0.493 e. The summed E-state index contributed by atoms with van der Waals surface area (Å²) in [5, 5.41) is 0. The third kappa shape index (κ3) is 2.48. The maximum absolute atomic E-state index is 11.9. The summed E-state index contributed by atoms with van der Waals surface area (Å²) in [6.45, 7) is 5.59. The van der Waals surface area contributed by atoms with Gasteiger partial charge < -0.3 is 4.74 Å². The summed E-state index contributed by atoms with van der Waals surface area (Å²) < 4.78 is 4.90. The van der Waals surface area contributed by atoms with Crippen molar-refractivity contribution in [3.05, 3.63) is 34.6 Å². The first-order valence-electron chi connectivity index (χ1n) is 5.15. The second-order valence-corrected chi connectivity index (χ2v) is 4.00. The molecule has 1 aliphatic carbocycles. The molecule has 0 saturated heterocycles. The summed E-state index contributed by atoms with van der Waals surface area (Å²) in [5.41, 5.74) is 2.17. The van der Waals surface area contributed by atoms with Gasteiger partial charge in [0.15, 0.2) is 11.5 Å². The smallest absolute Gasteiger partial charge is 0.224 e. The molecule has 0 amide bonds. The molecule has 0 heterocycles. The van der Waals surface area contributed by atoms with Crippen LogP contribution in [0.1, 0.15) is 27.2 Å². The standard InChI is InChI=1S/C13H16O3/c1-8(2)5-6-10-9(3)11(14)7-12(16-4)13(10)15/h5,7H,6H2,1-4H3. The third-order valence-corrected chi connectivity index (χ3v) is 2.52. The molecule has 0 aromatic heterocycles. The Kier molecular flexibility index (Phi) is 3.82. The van der Waals surface area contributed by atoms with E-state index in [-0.39, 0.29) is 17.3 Å². The summed E-state index contributed by atoms with van der Waals surface area (Å²) >= 11 is 0. The number of hydrogen-bond acceptors (Lipinski definition) is 3. The molecular formula is C13H16O3. The van der Waals surface area contributed by atoms with Gasteiger partial charge in [-0.15, -0.1) is 0 Å². The monoisotopic (exact) mass is 220 g/mol. The molecule has 86 valence electrons. The van der Waals surface area contributed by atoms with E-state index in [0.717, 1.165) is 5.57 Å². The van der Waals surface area contributed by atoms with Crippen LogP contribution < -0.4 is 0 Å². The van der Waals surface area contributed by atoms with Crippen LogP contribution in [0.2, 0.25) is 0 Å². The average molecular weight is 220 g/mol. The van der Waals surface area contributed by atoms with Crippen LogP contribution in [0, 0.1) is 0 Å². The van der Waals surface area contributed by atoms with Gasteiger partial charge in [0.05, 0.1) is 7.11 Å². The zero-order chi connectivity index (χ0) is 12.3. The fourth-order valence-electron chi connectivity index (χ4n) is 1.46. The highest BCUT2D eigenvalue weighted by molar-refractivity contribution is 6.21. The Hall–Kier alpha value is -1.64. The van der Waals surface area contributed by atoms with E-state index < -0.39 is 0 Å². The van der Waals surface area contributed by atoms with E-state index in [9.17, 15) is 9.59 Å². The molecule has 0 fully saturated rings. The molecule has 1 rings (SSSR count). The van der Waals surface area contributed by atoms with Gasteiger partial charge in [-0.3, -0.25) is 9.59 Å². The van der Waals surface area contributed by atoms with Gasteiger partial charge >= 0.3 is 0 Å².